The maximum atomic E-state index is 14.0. The Balaban J connectivity index is 0.895. The van der Waals surface area contributed by atoms with Gasteiger partial charge >= 0.3 is 6.09 Å². The predicted molar refractivity (Wildman–Crippen MR) is 210 cm³/mol. The summed E-state index contributed by atoms with van der Waals surface area (Å²) in [6, 6.07) is 7.44. The summed E-state index contributed by atoms with van der Waals surface area (Å²) in [5.41, 5.74) is 2.13. The summed E-state index contributed by atoms with van der Waals surface area (Å²) in [6.07, 6.45) is 5.03. The first-order valence-corrected chi connectivity index (χ1v) is 20.4. The lowest BCUT2D eigenvalue weighted by Crippen LogP contribution is -2.51. The van der Waals surface area contributed by atoms with E-state index in [0.29, 0.717) is 76.9 Å². The van der Waals surface area contributed by atoms with Crippen LogP contribution in [0, 0.1) is 0 Å². The van der Waals surface area contributed by atoms with Crippen LogP contribution in [0.5, 0.6) is 0 Å². The summed E-state index contributed by atoms with van der Waals surface area (Å²) in [5.74, 6) is 0.673. The van der Waals surface area contributed by atoms with Gasteiger partial charge in [0, 0.05) is 82.6 Å². The number of anilines is 1. The van der Waals surface area contributed by atoms with Gasteiger partial charge in [-0.3, -0.25) is 14.5 Å². The third-order valence-electron chi connectivity index (χ3n) is 11.1. The number of aliphatic hydroxyl groups is 1. The number of hydrogen-bond acceptors (Lipinski definition) is 11. The van der Waals surface area contributed by atoms with E-state index in [9.17, 15) is 19.5 Å². The van der Waals surface area contributed by atoms with Crippen molar-refractivity contribution in [3.8, 4) is 0 Å². The van der Waals surface area contributed by atoms with Crippen molar-refractivity contribution < 1.29 is 29.0 Å². The molecular weight excluding hydrogens is 724 g/mol. The normalized spacial score (nSPS) is 22.0. The molecule has 15 heteroatoms. The Morgan fingerprint density at radius 2 is 1.56 bits per heavy atom. The van der Waals surface area contributed by atoms with E-state index in [2.05, 4.69) is 37.3 Å². The van der Waals surface area contributed by atoms with Gasteiger partial charge in [0.25, 0.3) is 0 Å². The van der Waals surface area contributed by atoms with Crippen molar-refractivity contribution in [1.82, 2.24) is 35.3 Å². The molecule has 3 atom stereocenters. The minimum atomic E-state index is -0.560. The molecular formula is C40H59ClN8O6. The summed E-state index contributed by atoms with van der Waals surface area (Å²) in [6.45, 7) is 14.8. The van der Waals surface area contributed by atoms with E-state index in [-0.39, 0.29) is 36.0 Å². The van der Waals surface area contributed by atoms with Crippen molar-refractivity contribution in [1.29, 1.82) is 0 Å². The number of nitrogens with one attached hydrogen (secondary N) is 2. The summed E-state index contributed by atoms with van der Waals surface area (Å²) in [4.78, 5) is 56.2. The van der Waals surface area contributed by atoms with Gasteiger partial charge in [-0.1, -0.05) is 30.7 Å². The highest BCUT2D eigenvalue weighted by molar-refractivity contribution is 6.30. The van der Waals surface area contributed by atoms with Crippen molar-refractivity contribution in [2.24, 2.45) is 0 Å². The van der Waals surface area contributed by atoms with E-state index in [4.69, 9.17) is 21.1 Å². The van der Waals surface area contributed by atoms with Gasteiger partial charge in [-0.05, 0) is 76.5 Å². The zero-order chi connectivity index (χ0) is 39.1. The van der Waals surface area contributed by atoms with E-state index in [0.717, 1.165) is 61.4 Å². The molecule has 0 radical (unpaired) electrons. The second-order valence-electron chi connectivity index (χ2n) is 16.4. The van der Waals surface area contributed by atoms with Crippen molar-refractivity contribution in [2.45, 2.75) is 95.5 Å². The molecule has 1 aromatic heterocycles. The fourth-order valence-corrected chi connectivity index (χ4v) is 8.25. The van der Waals surface area contributed by atoms with Crippen LogP contribution in [0.4, 0.5) is 10.6 Å². The molecule has 3 aliphatic heterocycles. The van der Waals surface area contributed by atoms with E-state index >= 15 is 0 Å². The number of amides is 3. The number of ether oxygens (including phenoxy) is 2. The van der Waals surface area contributed by atoms with Crippen molar-refractivity contribution in [3.05, 3.63) is 52.4 Å². The van der Waals surface area contributed by atoms with E-state index in [1.165, 1.54) is 6.33 Å². The number of rotatable bonds is 12. The van der Waals surface area contributed by atoms with Gasteiger partial charge in [0.2, 0.25) is 11.8 Å². The van der Waals surface area contributed by atoms with Crippen LogP contribution < -0.4 is 15.5 Å². The molecule has 3 fully saturated rings. The Morgan fingerprint density at radius 1 is 0.909 bits per heavy atom. The number of hydrogen-bond donors (Lipinski definition) is 3. The van der Waals surface area contributed by atoms with Crippen LogP contribution in [0.15, 0.2) is 30.6 Å². The third-order valence-corrected chi connectivity index (χ3v) is 11.3. The van der Waals surface area contributed by atoms with Crippen molar-refractivity contribution in [2.75, 3.05) is 83.4 Å². The predicted octanol–water partition coefficient (Wildman–Crippen LogP) is 3.69. The fraction of sp³-hybridized carbons (Fsp3) is 0.675. The van der Waals surface area contributed by atoms with Gasteiger partial charge in [-0.2, -0.15) is 0 Å². The molecule has 14 nitrogen and oxygen atoms in total. The molecule has 55 heavy (non-hydrogen) atoms. The first-order valence-electron chi connectivity index (χ1n) is 20.0. The molecule has 3 N–H and O–H groups in total. The minimum Gasteiger partial charge on any atom is -0.444 e. The van der Waals surface area contributed by atoms with Crippen LogP contribution in [0.3, 0.4) is 0 Å². The van der Waals surface area contributed by atoms with Crippen LogP contribution in [-0.4, -0.2) is 144 Å². The van der Waals surface area contributed by atoms with Crippen molar-refractivity contribution >= 4 is 35.3 Å². The lowest BCUT2D eigenvalue weighted by molar-refractivity contribution is -0.133. The number of aliphatic hydroxyl groups excluding tert-OH is 1. The second-order valence-corrected chi connectivity index (χ2v) is 16.8. The number of aromatic nitrogens is 2. The van der Waals surface area contributed by atoms with Crippen LogP contribution in [0.2, 0.25) is 5.02 Å². The number of carbonyl (C=O) groups is 3. The molecule has 3 saturated heterocycles. The lowest BCUT2D eigenvalue weighted by atomic mass is 9.97. The summed E-state index contributed by atoms with van der Waals surface area (Å²) in [7, 11) is 0. The Morgan fingerprint density at radius 3 is 2.22 bits per heavy atom. The molecule has 0 spiro atoms. The zero-order valence-electron chi connectivity index (χ0n) is 32.8. The maximum Gasteiger partial charge on any atom is 0.410 e. The first kappa shape index (κ1) is 41.1. The number of piperazine rings is 1. The molecule has 6 rings (SSSR count). The molecule has 1 aromatic carbocycles. The maximum absolute atomic E-state index is 14.0. The number of halogens is 1. The van der Waals surface area contributed by atoms with Crippen LogP contribution in [0.25, 0.3) is 0 Å². The molecule has 4 heterocycles. The molecule has 3 amide bonds. The highest BCUT2D eigenvalue weighted by Crippen LogP contribution is 2.43. The van der Waals surface area contributed by atoms with Gasteiger partial charge < -0.3 is 39.9 Å². The number of carbonyl (C=O) groups excluding carboxylic acids is 3. The van der Waals surface area contributed by atoms with E-state index in [1.54, 1.807) is 4.90 Å². The van der Waals surface area contributed by atoms with E-state index < -0.39 is 17.6 Å². The van der Waals surface area contributed by atoms with E-state index in [1.807, 2.05) is 49.9 Å². The summed E-state index contributed by atoms with van der Waals surface area (Å²) < 4.78 is 11.9. The SMILES string of the molecule is C[C@@H]1C[C@@H](O)c2ncnc(N3CCN(C(=O)[C@H](CNCCNC(=O)CN4CCC(OC5CCN(C(=O)OC(C)(C)C)CC5)CC4)c4ccc(Cl)cc4)CC3)c21. The highest BCUT2D eigenvalue weighted by Gasteiger charge is 2.35. The number of benzene rings is 1. The average Bonchev–Trinajstić information content (AvgIpc) is 3.46. The molecule has 0 bridgehead atoms. The average molecular weight is 783 g/mol. The molecule has 0 saturated carbocycles. The largest absolute Gasteiger partial charge is 0.444 e. The Kier molecular flexibility index (Phi) is 13.9. The molecule has 0 unspecified atom stereocenters. The number of nitrogens with zero attached hydrogens (tertiary/aromatic N) is 6. The Hall–Kier alpha value is -3.56. The smallest absolute Gasteiger partial charge is 0.410 e. The van der Waals surface area contributed by atoms with Gasteiger partial charge in [-0.15, -0.1) is 0 Å². The molecule has 2 aromatic rings. The van der Waals surface area contributed by atoms with Gasteiger partial charge in [-0.25, -0.2) is 14.8 Å². The quantitative estimate of drug-likeness (QED) is 0.271. The molecule has 4 aliphatic rings. The first-order chi connectivity index (χ1) is 26.3. The standard InChI is InChI=1S/C40H59ClN8O6/c1-27-23-33(50)36-35(27)37(45-26-44-36)47-19-21-48(22-20-47)38(52)32(28-5-7-29(41)8-6-28)24-42-13-14-43-34(51)25-46-15-9-30(10-16-46)54-31-11-17-49(18-12-31)39(53)55-40(2,3)4/h5-8,26-27,30-33,42,50H,9-25H2,1-4H3,(H,43,51)/t27-,32-,33-/m1/s1. The van der Waals surface area contributed by atoms with Gasteiger partial charge in [0.15, 0.2) is 0 Å². The molecule has 302 valence electrons. The summed E-state index contributed by atoms with van der Waals surface area (Å²) >= 11 is 6.19. The van der Waals surface area contributed by atoms with Gasteiger partial charge in [0.05, 0.1) is 36.5 Å². The Bertz CT molecular complexity index is 1600. The lowest BCUT2D eigenvalue weighted by Gasteiger charge is -2.38. The number of likely N-dealkylation sites (tertiary alicyclic amines) is 2. The third kappa shape index (κ3) is 11.1. The van der Waals surface area contributed by atoms with Crippen LogP contribution >= 0.6 is 11.6 Å². The topological polar surface area (TPSA) is 153 Å². The van der Waals surface area contributed by atoms with Crippen molar-refractivity contribution in [3.63, 3.8) is 0 Å². The number of piperidine rings is 2. The second kappa shape index (κ2) is 18.6. The Labute approximate surface area is 330 Å². The minimum absolute atomic E-state index is 0.0166. The number of fused-ring (bicyclic) bond motifs is 1. The zero-order valence-corrected chi connectivity index (χ0v) is 33.6. The van der Waals surface area contributed by atoms with Crippen LogP contribution in [-0.2, 0) is 19.1 Å². The van der Waals surface area contributed by atoms with Crippen LogP contribution in [0.1, 0.15) is 94.6 Å². The monoisotopic (exact) mass is 782 g/mol. The summed E-state index contributed by atoms with van der Waals surface area (Å²) in [5, 5.41) is 17.5. The van der Waals surface area contributed by atoms with Gasteiger partial charge in [0.1, 0.15) is 17.7 Å². The molecule has 1 aliphatic carbocycles. The highest BCUT2D eigenvalue weighted by atomic mass is 35.5. The fourth-order valence-electron chi connectivity index (χ4n) is 8.13.